The number of thiophene rings is 1. The number of carbonyl (C=O) groups is 1. The van der Waals surface area contributed by atoms with Crippen LogP contribution in [0.5, 0.6) is 0 Å². The molecular formula is C16H19NO2S. The van der Waals surface area contributed by atoms with Gasteiger partial charge in [0.1, 0.15) is 0 Å². The van der Waals surface area contributed by atoms with E-state index in [0.29, 0.717) is 12.6 Å². The monoisotopic (exact) mass is 289 g/mol. The lowest BCUT2D eigenvalue weighted by Crippen LogP contribution is -2.45. The van der Waals surface area contributed by atoms with E-state index in [-0.39, 0.29) is 12.5 Å². The molecule has 1 fully saturated rings. The zero-order chi connectivity index (χ0) is 14.1. The third kappa shape index (κ3) is 2.23. The number of aliphatic hydroxyl groups is 1. The van der Waals surface area contributed by atoms with Crippen molar-refractivity contribution in [2.45, 2.75) is 32.2 Å². The van der Waals surface area contributed by atoms with Crippen LogP contribution in [0.15, 0.2) is 24.3 Å². The van der Waals surface area contributed by atoms with Crippen LogP contribution in [0.3, 0.4) is 0 Å². The fourth-order valence-corrected chi connectivity index (χ4v) is 3.93. The third-order valence-electron chi connectivity index (χ3n) is 4.16. The lowest BCUT2D eigenvalue weighted by atomic mass is 9.91. The molecule has 0 unspecified atom stereocenters. The van der Waals surface area contributed by atoms with Crippen molar-refractivity contribution in [3.05, 3.63) is 34.7 Å². The molecular weight excluding hydrogens is 270 g/mol. The van der Waals surface area contributed by atoms with Crippen molar-refractivity contribution in [3.8, 4) is 0 Å². The van der Waals surface area contributed by atoms with E-state index in [0.717, 1.165) is 28.0 Å². The van der Waals surface area contributed by atoms with Crippen molar-refractivity contribution in [2.75, 3.05) is 13.2 Å². The Morgan fingerprint density at radius 2 is 2.15 bits per heavy atom. The Hall–Kier alpha value is -1.39. The number of rotatable bonds is 4. The van der Waals surface area contributed by atoms with Crippen LogP contribution in [0, 0.1) is 6.92 Å². The largest absolute Gasteiger partial charge is 0.395 e. The summed E-state index contributed by atoms with van der Waals surface area (Å²) in [4.78, 5) is 15.5. The van der Waals surface area contributed by atoms with Gasteiger partial charge in [0.05, 0.1) is 11.5 Å². The molecule has 0 spiro atoms. The minimum atomic E-state index is 0.0339. The van der Waals surface area contributed by atoms with E-state index >= 15 is 0 Å². The van der Waals surface area contributed by atoms with Gasteiger partial charge in [0.15, 0.2) is 0 Å². The Balaban J connectivity index is 1.95. The van der Waals surface area contributed by atoms with Gasteiger partial charge in [-0.1, -0.05) is 18.2 Å². The molecule has 2 aromatic rings. The van der Waals surface area contributed by atoms with Crippen LogP contribution in [0.1, 0.15) is 34.5 Å². The molecule has 0 saturated heterocycles. The Bertz CT molecular complexity index is 630. The minimum Gasteiger partial charge on any atom is -0.395 e. The summed E-state index contributed by atoms with van der Waals surface area (Å²) in [5.41, 5.74) is 1.07. The maximum absolute atomic E-state index is 12.8. The lowest BCUT2D eigenvalue weighted by Gasteiger charge is -2.37. The van der Waals surface area contributed by atoms with Crippen LogP contribution in [-0.2, 0) is 0 Å². The fraction of sp³-hybridized carbons (Fsp3) is 0.438. The van der Waals surface area contributed by atoms with Crippen molar-refractivity contribution in [3.63, 3.8) is 0 Å². The minimum absolute atomic E-state index is 0.0339. The predicted molar refractivity (Wildman–Crippen MR) is 82.3 cm³/mol. The maximum atomic E-state index is 12.8. The standard InChI is InChI=1S/C16H19NO2S/c1-11-13-7-2-3-8-14(13)20-15(11)16(19)17(9-10-18)12-5-4-6-12/h2-3,7-8,12,18H,4-6,9-10H2,1H3. The fourth-order valence-electron chi connectivity index (χ4n) is 2.76. The Morgan fingerprint density at radius 3 is 2.75 bits per heavy atom. The molecule has 1 saturated carbocycles. The summed E-state index contributed by atoms with van der Waals surface area (Å²) in [7, 11) is 0. The van der Waals surface area contributed by atoms with Crippen molar-refractivity contribution in [1.82, 2.24) is 4.90 Å². The highest BCUT2D eigenvalue weighted by Crippen LogP contribution is 2.33. The van der Waals surface area contributed by atoms with E-state index in [2.05, 4.69) is 12.1 Å². The van der Waals surface area contributed by atoms with Crippen LogP contribution >= 0.6 is 11.3 Å². The molecule has 1 aromatic carbocycles. The highest BCUT2D eigenvalue weighted by molar-refractivity contribution is 7.21. The first kappa shape index (κ1) is 13.6. The van der Waals surface area contributed by atoms with Gasteiger partial charge in [0.25, 0.3) is 5.91 Å². The summed E-state index contributed by atoms with van der Waals surface area (Å²) in [6.07, 6.45) is 3.32. The molecule has 0 atom stereocenters. The summed E-state index contributed by atoms with van der Waals surface area (Å²) in [5, 5.41) is 10.4. The predicted octanol–water partition coefficient (Wildman–Crippen LogP) is 3.20. The molecule has 3 rings (SSSR count). The van der Waals surface area contributed by atoms with Crippen LogP contribution in [0.25, 0.3) is 10.1 Å². The van der Waals surface area contributed by atoms with E-state index in [1.54, 1.807) is 11.3 Å². The van der Waals surface area contributed by atoms with Crippen molar-refractivity contribution >= 4 is 27.3 Å². The summed E-state index contributed by atoms with van der Waals surface area (Å²) in [5.74, 6) is 0.0856. The molecule has 1 heterocycles. The van der Waals surface area contributed by atoms with E-state index in [1.165, 1.54) is 11.8 Å². The molecule has 106 valence electrons. The molecule has 1 N–H and O–H groups in total. The maximum Gasteiger partial charge on any atom is 0.264 e. The molecule has 0 radical (unpaired) electrons. The number of hydrogen-bond donors (Lipinski definition) is 1. The third-order valence-corrected chi connectivity index (χ3v) is 5.42. The number of benzene rings is 1. The highest BCUT2D eigenvalue weighted by Gasteiger charge is 2.30. The zero-order valence-corrected chi connectivity index (χ0v) is 12.4. The normalized spacial score (nSPS) is 15.3. The van der Waals surface area contributed by atoms with Gasteiger partial charge in [-0.3, -0.25) is 4.79 Å². The zero-order valence-electron chi connectivity index (χ0n) is 11.6. The molecule has 1 aromatic heterocycles. The van der Waals surface area contributed by atoms with E-state index in [9.17, 15) is 9.90 Å². The van der Waals surface area contributed by atoms with Crippen LogP contribution in [0.2, 0.25) is 0 Å². The van der Waals surface area contributed by atoms with Gasteiger partial charge in [0.2, 0.25) is 0 Å². The van der Waals surface area contributed by atoms with Gasteiger partial charge >= 0.3 is 0 Å². The average Bonchev–Trinajstić information content (AvgIpc) is 2.73. The van der Waals surface area contributed by atoms with E-state index in [4.69, 9.17) is 0 Å². The molecule has 1 aliphatic carbocycles. The summed E-state index contributed by atoms with van der Waals surface area (Å²) in [6, 6.07) is 8.46. The smallest absolute Gasteiger partial charge is 0.264 e. The van der Waals surface area contributed by atoms with Gasteiger partial charge in [-0.05, 0) is 43.2 Å². The molecule has 20 heavy (non-hydrogen) atoms. The first-order chi connectivity index (χ1) is 9.72. The number of aryl methyl sites for hydroxylation is 1. The second-order valence-corrected chi connectivity index (χ2v) is 6.41. The SMILES string of the molecule is Cc1c(C(=O)N(CCO)C2CCC2)sc2ccccc12. The molecule has 1 amide bonds. The van der Waals surface area contributed by atoms with Gasteiger partial charge in [0, 0.05) is 17.3 Å². The Kier molecular flexibility index (Phi) is 3.76. The number of nitrogens with zero attached hydrogens (tertiary/aromatic N) is 1. The van der Waals surface area contributed by atoms with E-state index in [1.807, 2.05) is 24.0 Å². The average molecular weight is 289 g/mol. The Morgan fingerprint density at radius 1 is 1.40 bits per heavy atom. The lowest BCUT2D eigenvalue weighted by molar-refractivity contribution is 0.0530. The van der Waals surface area contributed by atoms with Crippen LogP contribution in [-0.4, -0.2) is 35.1 Å². The van der Waals surface area contributed by atoms with Gasteiger partial charge in [-0.2, -0.15) is 0 Å². The molecule has 0 bridgehead atoms. The summed E-state index contributed by atoms with van der Waals surface area (Å²) in [6.45, 7) is 2.49. The van der Waals surface area contributed by atoms with E-state index < -0.39 is 0 Å². The van der Waals surface area contributed by atoms with Crippen molar-refractivity contribution in [2.24, 2.45) is 0 Å². The van der Waals surface area contributed by atoms with Crippen LogP contribution < -0.4 is 0 Å². The number of carbonyl (C=O) groups excluding carboxylic acids is 1. The number of fused-ring (bicyclic) bond motifs is 1. The highest BCUT2D eigenvalue weighted by atomic mass is 32.1. The summed E-state index contributed by atoms with van der Waals surface area (Å²) < 4.78 is 1.16. The molecule has 4 heteroatoms. The topological polar surface area (TPSA) is 40.5 Å². The molecule has 0 aliphatic heterocycles. The van der Waals surface area contributed by atoms with Crippen molar-refractivity contribution < 1.29 is 9.90 Å². The summed E-state index contributed by atoms with van der Waals surface area (Å²) >= 11 is 1.57. The number of hydrogen-bond acceptors (Lipinski definition) is 3. The second-order valence-electron chi connectivity index (χ2n) is 5.36. The van der Waals surface area contributed by atoms with Gasteiger partial charge in [-0.15, -0.1) is 11.3 Å². The first-order valence-electron chi connectivity index (χ1n) is 7.12. The van der Waals surface area contributed by atoms with Gasteiger partial charge < -0.3 is 10.0 Å². The molecule has 3 nitrogen and oxygen atoms in total. The molecule has 1 aliphatic rings. The van der Waals surface area contributed by atoms with Crippen molar-refractivity contribution in [1.29, 1.82) is 0 Å². The Labute approximate surface area is 122 Å². The first-order valence-corrected chi connectivity index (χ1v) is 7.94. The second kappa shape index (κ2) is 5.54. The number of amides is 1. The number of aliphatic hydroxyl groups excluding tert-OH is 1. The quantitative estimate of drug-likeness (QED) is 0.939. The van der Waals surface area contributed by atoms with Crippen LogP contribution in [0.4, 0.5) is 0 Å². The van der Waals surface area contributed by atoms with Gasteiger partial charge in [-0.25, -0.2) is 0 Å².